The Labute approximate surface area is 78.7 Å². The first-order chi connectivity index (χ1) is 6.33. The van der Waals surface area contributed by atoms with Gasteiger partial charge in [0.05, 0.1) is 12.7 Å². The van der Waals surface area contributed by atoms with E-state index < -0.39 is 0 Å². The van der Waals surface area contributed by atoms with E-state index in [2.05, 4.69) is 25.1 Å². The maximum atomic E-state index is 5.64. The largest absolute Gasteiger partial charge is 0.372 e. The number of ether oxygens (including phenoxy) is 1. The number of rotatable bonds is 1. The second-order valence-corrected chi connectivity index (χ2v) is 3.59. The second-order valence-electron chi connectivity index (χ2n) is 3.59. The first-order valence-electron chi connectivity index (χ1n) is 4.73. The summed E-state index contributed by atoms with van der Waals surface area (Å²) in [5.41, 5.74) is 8.30. The van der Waals surface area contributed by atoms with Crippen molar-refractivity contribution in [3.05, 3.63) is 35.4 Å². The highest BCUT2D eigenvalue weighted by Gasteiger charge is 2.23. The molecule has 0 aliphatic carbocycles. The lowest BCUT2D eigenvalue weighted by Gasteiger charge is -2.29. The molecule has 0 fully saturated rings. The van der Waals surface area contributed by atoms with E-state index in [1.54, 1.807) is 0 Å². The lowest BCUT2D eigenvalue weighted by molar-refractivity contribution is 0.0363. The smallest absolute Gasteiger partial charge is 0.0950 e. The summed E-state index contributed by atoms with van der Waals surface area (Å²) < 4.78 is 5.64. The predicted molar refractivity (Wildman–Crippen MR) is 52.6 cm³/mol. The summed E-state index contributed by atoms with van der Waals surface area (Å²) in [5.74, 6) is 0.499. The highest BCUT2D eigenvalue weighted by molar-refractivity contribution is 5.33. The van der Waals surface area contributed by atoms with Crippen molar-refractivity contribution in [1.29, 1.82) is 0 Å². The van der Waals surface area contributed by atoms with E-state index in [1.165, 1.54) is 11.1 Å². The highest BCUT2D eigenvalue weighted by Crippen LogP contribution is 2.32. The van der Waals surface area contributed by atoms with Gasteiger partial charge in [-0.3, -0.25) is 0 Å². The topological polar surface area (TPSA) is 35.2 Å². The average molecular weight is 177 g/mol. The molecule has 1 aromatic carbocycles. The molecule has 2 heteroatoms. The standard InChI is InChI=1S/C11H15NO/c1-8-7-13-11(6-12)10-5-3-2-4-9(8)10/h2-5,8,11H,6-7,12H2,1H3/t8-,11+/m1/s1. The maximum absolute atomic E-state index is 5.64. The van der Waals surface area contributed by atoms with Crippen LogP contribution in [0.5, 0.6) is 0 Å². The maximum Gasteiger partial charge on any atom is 0.0950 e. The van der Waals surface area contributed by atoms with Crippen molar-refractivity contribution in [2.75, 3.05) is 13.2 Å². The molecular formula is C11H15NO. The van der Waals surface area contributed by atoms with E-state index in [0.717, 1.165) is 6.61 Å². The van der Waals surface area contributed by atoms with Crippen LogP contribution in [0.15, 0.2) is 24.3 Å². The lowest BCUT2D eigenvalue weighted by Crippen LogP contribution is -2.24. The van der Waals surface area contributed by atoms with Crippen molar-refractivity contribution >= 4 is 0 Å². The highest BCUT2D eigenvalue weighted by atomic mass is 16.5. The van der Waals surface area contributed by atoms with Gasteiger partial charge in [-0.1, -0.05) is 31.2 Å². The van der Waals surface area contributed by atoms with Crippen molar-refractivity contribution in [1.82, 2.24) is 0 Å². The average Bonchev–Trinajstić information content (AvgIpc) is 2.19. The van der Waals surface area contributed by atoms with Crippen LogP contribution in [0.3, 0.4) is 0 Å². The fourth-order valence-electron chi connectivity index (χ4n) is 1.89. The lowest BCUT2D eigenvalue weighted by atomic mass is 9.91. The summed E-state index contributed by atoms with van der Waals surface area (Å²) in [6.07, 6.45) is 0.104. The Kier molecular flexibility index (Phi) is 2.34. The molecule has 0 radical (unpaired) electrons. The van der Waals surface area contributed by atoms with Crippen molar-refractivity contribution < 1.29 is 4.74 Å². The van der Waals surface area contributed by atoms with Crippen LogP contribution < -0.4 is 5.73 Å². The van der Waals surface area contributed by atoms with Crippen molar-refractivity contribution in [3.63, 3.8) is 0 Å². The van der Waals surface area contributed by atoms with Gasteiger partial charge in [0.1, 0.15) is 0 Å². The summed E-state index contributed by atoms with van der Waals surface area (Å²) >= 11 is 0. The normalized spacial score (nSPS) is 26.9. The van der Waals surface area contributed by atoms with Crippen molar-refractivity contribution in [2.24, 2.45) is 5.73 Å². The van der Waals surface area contributed by atoms with E-state index in [4.69, 9.17) is 10.5 Å². The minimum absolute atomic E-state index is 0.104. The Balaban J connectivity index is 2.42. The monoisotopic (exact) mass is 177 g/mol. The van der Waals surface area contributed by atoms with Crippen LogP contribution in [0.2, 0.25) is 0 Å². The first kappa shape index (κ1) is 8.73. The number of nitrogens with two attached hydrogens (primary N) is 1. The summed E-state index contributed by atoms with van der Waals surface area (Å²) in [4.78, 5) is 0. The van der Waals surface area contributed by atoms with Crippen LogP contribution in [-0.4, -0.2) is 13.2 Å². The fraction of sp³-hybridized carbons (Fsp3) is 0.455. The van der Waals surface area contributed by atoms with E-state index in [0.29, 0.717) is 12.5 Å². The molecule has 0 unspecified atom stereocenters. The van der Waals surface area contributed by atoms with Crippen LogP contribution in [-0.2, 0) is 4.74 Å². The van der Waals surface area contributed by atoms with Gasteiger partial charge in [0.25, 0.3) is 0 Å². The Hall–Kier alpha value is -0.860. The Morgan fingerprint density at radius 2 is 2.08 bits per heavy atom. The van der Waals surface area contributed by atoms with Gasteiger partial charge in [0, 0.05) is 12.5 Å². The number of fused-ring (bicyclic) bond motifs is 1. The minimum Gasteiger partial charge on any atom is -0.372 e. The predicted octanol–water partition coefficient (Wildman–Crippen LogP) is 1.82. The zero-order valence-corrected chi connectivity index (χ0v) is 7.86. The van der Waals surface area contributed by atoms with E-state index in [9.17, 15) is 0 Å². The van der Waals surface area contributed by atoms with E-state index in [-0.39, 0.29) is 6.10 Å². The summed E-state index contributed by atoms with van der Waals surface area (Å²) in [5, 5.41) is 0. The Morgan fingerprint density at radius 1 is 1.38 bits per heavy atom. The molecule has 1 aliphatic heterocycles. The summed E-state index contributed by atoms with van der Waals surface area (Å²) in [6, 6.07) is 8.41. The molecule has 1 aromatic rings. The number of hydrogen-bond donors (Lipinski definition) is 1. The molecular weight excluding hydrogens is 162 g/mol. The fourth-order valence-corrected chi connectivity index (χ4v) is 1.89. The molecule has 1 aliphatic rings. The van der Waals surface area contributed by atoms with Gasteiger partial charge in [-0.05, 0) is 11.1 Å². The van der Waals surface area contributed by atoms with Gasteiger partial charge < -0.3 is 10.5 Å². The Morgan fingerprint density at radius 3 is 2.77 bits per heavy atom. The number of benzene rings is 1. The van der Waals surface area contributed by atoms with Gasteiger partial charge >= 0.3 is 0 Å². The minimum atomic E-state index is 0.104. The van der Waals surface area contributed by atoms with Crippen LogP contribution in [0.4, 0.5) is 0 Å². The summed E-state index contributed by atoms with van der Waals surface area (Å²) in [7, 11) is 0. The third-order valence-corrected chi connectivity index (χ3v) is 2.64. The molecule has 0 amide bonds. The van der Waals surface area contributed by atoms with Crippen molar-refractivity contribution in [3.8, 4) is 0 Å². The van der Waals surface area contributed by atoms with E-state index >= 15 is 0 Å². The molecule has 2 N–H and O–H groups in total. The Bertz CT molecular complexity index is 298. The molecule has 0 bridgehead atoms. The molecule has 0 saturated heterocycles. The summed E-state index contributed by atoms with van der Waals surface area (Å²) in [6.45, 7) is 3.55. The second kappa shape index (κ2) is 3.48. The molecule has 0 aromatic heterocycles. The van der Waals surface area contributed by atoms with E-state index in [1.807, 2.05) is 6.07 Å². The molecule has 70 valence electrons. The molecule has 1 heterocycles. The van der Waals surface area contributed by atoms with Crippen LogP contribution in [0, 0.1) is 0 Å². The van der Waals surface area contributed by atoms with Crippen LogP contribution in [0.25, 0.3) is 0 Å². The molecule has 2 rings (SSSR count). The molecule has 13 heavy (non-hydrogen) atoms. The molecule has 2 atom stereocenters. The third-order valence-electron chi connectivity index (χ3n) is 2.64. The van der Waals surface area contributed by atoms with Gasteiger partial charge in [-0.2, -0.15) is 0 Å². The van der Waals surface area contributed by atoms with Gasteiger partial charge in [0.15, 0.2) is 0 Å². The zero-order valence-electron chi connectivity index (χ0n) is 7.86. The van der Waals surface area contributed by atoms with Crippen LogP contribution in [0.1, 0.15) is 30.1 Å². The van der Waals surface area contributed by atoms with Gasteiger partial charge in [0.2, 0.25) is 0 Å². The van der Waals surface area contributed by atoms with Gasteiger partial charge in [-0.25, -0.2) is 0 Å². The first-order valence-corrected chi connectivity index (χ1v) is 4.73. The zero-order chi connectivity index (χ0) is 9.26. The SMILES string of the molecule is C[C@@H]1CO[C@@H](CN)c2ccccc21. The number of hydrogen-bond acceptors (Lipinski definition) is 2. The molecule has 0 saturated carbocycles. The van der Waals surface area contributed by atoms with Crippen molar-refractivity contribution in [2.45, 2.75) is 18.9 Å². The van der Waals surface area contributed by atoms with Gasteiger partial charge in [-0.15, -0.1) is 0 Å². The molecule has 0 spiro atoms. The third kappa shape index (κ3) is 1.47. The molecule has 2 nitrogen and oxygen atoms in total. The van der Waals surface area contributed by atoms with Crippen LogP contribution >= 0.6 is 0 Å². The quantitative estimate of drug-likeness (QED) is 0.710.